The van der Waals surface area contributed by atoms with Crippen LogP contribution in [0, 0.1) is 5.92 Å². The van der Waals surface area contributed by atoms with E-state index in [2.05, 4.69) is 10.1 Å². The number of piperidine rings is 1. The molecular formula is C24H21N3O4S. The topological polar surface area (TPSA) is 85.5 Å². The molecule has 0 spiro atoms. The van der Waals surface area contributed by atoms with Gasteiger partial charge in [-0.3, -0.25) is 9.59 Å². The first-order valence-corrected chi connectivity index (χ1v) is 11.4. The SMILES string of the molecule is O=C(OCc1nc(-c2ccsc2)no1)C1CCN(C(=O)c2cccc3ccccc23)CC1. The van der Waals surface area contributed by atoms with Crippen molar-refractivity contribution >= 4 is 34.0 Å². The Morgan fingerprint density at radius 2 is 1.91 bits per heavy atom. The molecule has 0 aliphatic carbocycles. The van der Waals surface area contributed by atoms with E-state index in [-0.39, 0.29) is 30.3 Å². The highest BCUT2D eigenvalue weighted by atomic mass is 32.1. The maximum absolute atomic E-state index is 13.1. The molecule has 162 valence electrons. The van der Waals surface area contributed by atoms with Gasteiger partial charge in [0.25, 0.3) is 11.8 Å². The molecule has 0 bridgehead atoms. The standard InChI is InChI=1S/C24H21N3O4S/c28-23(20-7-3-5-16-4-1-2-6-19(16)20)27-11-8-17(9-12-27)24(29)30-14-21-25-22(26-31-21)18-10-13-32-15-18/h1-7,10,13,15,17H,8-9,11-12,14H2. The lowest BCUT2D eigenvalue weighted by Gasteiger charge is -2.31. The maximum Gasteiger partial charge on any atom is 0.309 e. The van der Waals surface area contributed by atoms with E-state index in [0.29, 0.717) is 37.3 Å². The number of amides is 1. The number of hydrogen-bond acceptors (Lipinski definition) is 7. The van der Waals surface area contributed by atoms with Gasteiger partial charge in [0.15, 0.2) is 6.61 Å². The van der Waals surface area contributed by atoms with Crippen LogP contribution >= 0.6 is 11.3 Å². The highest BCUT2D eigenvalue weighted by Gasteiger charge is 2.29. The Balaban J connectivity index is 1.16. The predicted molar refractivity (Wildman–Crippen MR) is 120 cm³/mol. The minimum Gasteiger partial charge on any atom is -0.455 e. The molecule has 1 saturated heterocycles. The van der Waals surface area contributed by atoms with Crippen molar-refractivity contribution in [3.05, 3.63) is 70.7 Å². The second-order valence-electron chi connectivity index (χ2n) is 7.72. The summed E-state index contributed by atoms with van der Waals surface area (Å²) in [6, 6.07) is 15.5. The number of esters is 1. The largest absolute Gasteiger partial charge is 0.455 e. The van der Waals surface area contributed by atoms with Crippen LogP contribution in [0.4, 0.5) is 0 Å². The van der Waals surface area contributed by atoms with Crippen LogP contribution in [-0.4, -0.2) is 40.0 Å². The maximum atomic E-state index is 13.1. The van der Waals surface area contributed by atoms with Crippen molar-refractivity contribution in [2.24, 2.45) is 5.92 Å². The van der Waals surface area contributed by atoms with E-state index in [1.807, 2.05) is 64.2 Å². The number of nitrogens with zero attached hydrogens (tertiary/aromatic N) is 3. The van der Waals surface area contributed by atoms with E-state index in [9.17, 15) is 9.59 Å². The third kappa shape index (κ3) is 4.13. The monoisotopic (exact) mass is 447 g/mol. The van der Waals surface area contributed by atoms with Gasteiger partial charge in [-0.1, -0.05) is 41.6 Å². The summed E-state index contributed by atoms with van der Waals surface area (Å²) in [6.45, 7) is 0.987. The fourth-order valence-electron chi connectivity index (χ4n) is 3.97. The number of ether oxygens (including phenoxy) is 1. The number of aromatic nitrogens is 2. The minimum atomic E-state index is -0.294. The van der Waals surface area contributed by atoms with E-state index in [4.69, 9.17) is 9.26 Å². The Labute approximate surface area is 188 Å². The predicted octanol–water partition coefficient (Wildman–Crippen LogP) is 4.55. The average molecular weight is 448 g/mol. The van der Waals surface area contributed by atoms with Crippen LogP contribution < -0.4 is 0 Å². The molecule has 32 heavy (non-hydrogen) atoms. The highest BCUT2D eigenvalue weighted by Crippen LogP contribution is 2.25. The van der Waals surface area contributed by atoms with Crippen molar-refractivity contribution in [3.8, 4) is 11.4 Å². The molecule has 0 saturated carbocycles. The van der Waals surface area contributed by atoms with Gasteiger partial charge in [-0.25, -0.2) is 0 Å². The third-order valence-electron chi connectivity index (χ3n) is 5.72. The second kappa shape index (κ2) is 8.92. The summed E-state index contributed by atoms with van der Waals surface area (Å²) < 4.78 is 10.6. The Bertz CT molecular complexity index is 1240. The molecule has 1 aliphatic rings. The fourth-order valence-corrected chi connectivity index (χ4v) is 4.61. The molecule has 2 aromatic heterocycles. The molecule has 4 aromatic rings. The highest BCUT2D eigenvalue weighted by molar-refractivity contribution is 7.08. The molecule has 3 heterocycles. The van der Waals surface area contributed by atoms with E-state index in [1.54, 1.807) is 11.3 Å². The third-order valence-corrected chi connectivity index (χ3v) is 6.40. The van der Waals surface area contributed by atoms with E-state index < -0.39 is 0 Å². The first-order valence-electron chi connectivity index (χ1n) is 10.5. The van der Waals surface area contributed by atoms with Crippen LogP contribution in [0.25, 0.3) is 22.2 Å². The summed E-state index contributed by atoms with van der Waals surface area (Å²) in [4.78, 5) is 31.7. The Morgan fingerprint density at radius 3 is 2.72 bits per heavy atom. The first-order chi connectivity index (χ1) is 15.7. The van der Waals surface area contributed by atoms with Gasteiger partial charge in [0.1, 0.15) is 0 Å². The molecule has 2 aromatic carbocycles. The molecule has 1 fully saturated rings. The van der Waals surface area contributed by atoms with Gasteiger partial charge in [0.2, 0.25) is 5.82 Å². The van der Waals surface area contributed by atoms with Crippen molar-refractivity contribution < 1.29 is 18.8 Å². The van der Waals surface area contributed by atoms with Crippen LogP contribution in [-0.2, 0) is 16.1 Å². The minimum absolute atomic E-state index is 0.000405. The summed E-state index contributed by atoms with van der Waals surface area (Å²) in [5.74, 6) is 0.212. The zero-order chi connectivity index (χ0) is 21.9. The number of rotatable bonds is 5. The molecule has 5 rings (SSSR count). The molecule has 1 aliphatic heterocycles. The van der Waals surface area contributed by atoms with Crippen molar-refractivity contribution in [2.45, 2.75) is 19.4 Å². The van der Waals surface area contributed by atoms with Crippen LogP contribution in [0.15, 0.2) is 63.8 Å². The second-order valence-corrected chi connectivity index (χ2v) is 8.50. The molecule has 8 heteroatoms. The summed E-state index contributed by atoms with van der Waals surface area (Å²) in [6.07, 6.45) is 1.14. The lowest BCUT2D eigenvalue weighted by molar-refractivity contribution is -0.152. The molecule has 7 nitrogen and oxygen atoms in total. The normalized spacial score (nSPS) is 14.6. The summed E-state index contributed by atoms with van der Waals surface area (Å²) in [5, 5.41) is 9.76. The smallest absolute Gasteiger partial charge is 0.309 e. The van der Waals surface area contributed by atoms with Crippen molar-refractivity contribution in [1.29, 1.82) is 0 Å². The van der Waals surface area contributed by atoms with Crippen molar-refractivity contribution in [2.75, 3.05) is 13.1 Å². The molecular weight excluding hydrogens is 426 g/mol. The number of fused-ring (bicyclic) bond motifs is 1. The number of hydrogen-bond donors (Lipinski definition) is 0. The number of thiophene rings is 1. The van der Waals surface area contributed by atoms with Gasteiger partial charge >= 0.3 is 5.97 Å². The van der Waals surface area contributed by atoms with Gasteiger partial charge in [0.05, 0.1) is 5.92 Å². The van der Waals surface area contributed by atoms with Crippen LogP contribution in [0.3, 0.4) is 0 Å². The summed E-state index contributed by atoms with van der Waals surface area (Å²) in [7, 11) is 0. The van der Waals surface area contributed by atoms with Gasteiger partial charge in [0, 0.05) is 29.6 Å². The Hall–Kier alpha value is -3.52. The molecule has 0 unspecified atom stereocenters. The van der Waals surface area contributed by atoms with Gasteiger partial charge in [-0.15, -0.1) is 0 Å². The van der Waals surface area contributed by atoms with Gasteiger partial charge in [-0.2, -0.15) is 16.3 Å². The van der Waals surface area contributed by atoms with Crippen molar-refractivity contribution in [1.82, 2.24) is 15.0 Å². The Morgan fingerprint density at radius 1 is 1.09 bits per heavy atom. The molecule has 0 atom stereocenters. The zero-order valence-corrected chi connectivity index (χ0v) is 18.1. The lowest BCUT2D eigenvalue weighted by atomic mass is 9.96. The first kappa shape index (κ1) is 20.4. The lowest BCUT2D eigenvalue weighted by Crippen LogP contribution is -2.40. The molecule has 0 radical (unpaired) electrons. The van der Waals surface area contributed by atoms with E-state index >= 15 is 0 Å². The van der Waals surface area contributed by atoms with Crippen LogP contribution in [0.1, 0.15) is 29.1 Å². The average Bonchev–Trinajstić information content (AvgIpc) is 3.54. The number of likely N-dealkylation sites (tertiary alicyclic amines) is 1. The Kier molecular flexibility index (Phi) is 5.68. The number of carbonyl (C=O) groups excluding carboxylic acids is 2. The number of carbonyl (C=O) groups is 2. The quantitative estimate of drug-likeness (QED) is 0.417. The summed E-state index contributed by atoms with van der Waals surface area (Å²) >= 11 is 1.55. The zero-order valence-electron chi connectivity index (χ0n) is 17.3. The van der Waals surface area contributed by atoms with Gasteiger partial charge in [-0.05, 0) is 41.1 Å². The molecule has 0 N–H and O–H groups in total. The van der Waals surface area contributed by atoms with Crippen molar-refractivity contribution in [3.63, 3.8) is 0 Å². The van der Waals surface area contributed by atoms with E-state index in [0.717, 1.165) is 16.3 Å². The van der Waals surface area contributed by atoms with E-state index in [1.165, 1.54) is 0 Å². The fraction of sp³-hybridized carbons (Fsp3) is 0.250. The number of benzene rings is 2. The summed E-state index contributed by atoms with van der Waals surface area (Å²) in [5.41, 5.74) is 1.57. The molecule has 1 amide bonds. The van der Waals surface area contributed by atoms with Gasteiger partial charge < -0.3 is 14.2 Å². The van der Waals surface area contributed by atoms with Crippen LogP contribution in [0.2, 0.25) is 0 Å². The van der Waals surface area contributed by atoms with Crippen LogP contribution in [0.5, 0.6) is 0 Å².